The molecular weight excluding hydrogens is 270 g/mol. The van der Waals surface area contributed by atoms with Crippen LogP contribution in [0.15, 0.2) is 18.2 Å². The second-order valence-electron chi connectivity index (χ2n) is 5.55. The lowest BCUT2D eigenvalue weighted by atomic mass is 9.94. The fourth-order valence-electron chi connectivity index (χ4n) is 2.81. The molecule has 2 N–H and O–H groups in total. The highest BCUT2D eigenvalue weighted by Gasteiger charge is 2.39. The maximum absolute atomic E-state index is 12.2. The third-order valence-electron chi connectivity index (χ3n) is 3.78. The smallest absolute Gasteiger partial charge is 0.315 e. The van der Waals surface area contributed by atoms with Gasteiger partial charge in [-0.1, -0.05) is 0 Å². The molecule has 2 rings (SSSR count). The molecule has 116 valence electrons. The number of ether oxygens (including phenoxy) is 3. The van der Waals surface area contributed by atoms with E-state index >= 15 is 0 Å². The summed E-state index contributed by atoms with van der Waals surface area (Å²) in [6, 6.07) is 5.89. The number of benzene rings is 1. The van der Waals surface area contributed by atoms with Crippen LogP contribution < -0.4 is 14.8 Å². The summed E-state index contributed by atoms with van der Waals surface area (Å²) >= 11 is 0. The van der Waals surface area contributed by atoms with Crippen molar-refractivity contribution in [2.45, 2.75) is 32.4 Å². The van der Waals surface area contributed by atoms with Crippen molar-refractivity contribution in [3.63, 3.8) is 0 Å². The number of nitrogens with two attached hydrogens (primary N) is 1. The molecule has 5 nitrogen and oxygen atoms in total. The van der Waals surface area contributed by atoms with Gasteiger partial charge in [-0.25, -0.2) is 0 Å². The topological polar surface area (TPSA) is 61.4 Å². The summed E-state index contributed by atoms with van der Waals surface area (Å²) in [4.78, 5) is 12.2. The van der Waals surface area contributed by atoms with Gasteiger partial charge in [-0.3, -0.25) is 4.79 Å². The Balaban J connectivity index is 2.21. The van der Waals surface area contributed by atoms with E-state index in [0.29, 0.717) is 11.5 Å². The number of carbonyl (C=O) groups is 1. The van der Waals surface area contributed by atoms with Crippen molar-refractivity contribution in [2.24, 2.45) is 5.92 Å². The predicted octanol–water partition coefficient (Wildman–Crippen LogP) is 1.28. The lowest BCUT2D eigenvalue weighted by Crippen LogP contribution is -2.82. The highest BCUT2D eigenvalue weighted by atomic mass is 16.5. The molecule has 0 radical (unpaired) electrons. The molecule has 0 bridgehead atoms. The molecule has 1 aromatic carbocycles. The van der Waals surface area contributed by atoms with E-state index in [1.807, 2.05) is 32.0 Å². The van der Waals surface area contributed by atoms with Crippen LogP contribution in [0.3, 0.4) is 0 Å². The summed E-state index contributed by atoms with van der Waals surface area (Å²) in [5, 5.41) is 2.19. The molecule has 1 fully saturated rings. The van der Waals surface area contributed by atoms with Crippen molar-refractivity contribution < 1.29 is 24.3 Å². The standard InChI is InChI=1S/C16H23NO4/c1-10(2)21-16(18)12-7-8-17-15(12)11-5-6-13(19-3)14(9-11)20-4/h5-6,9-10,12,15,17H,7-8H2,1-4H3/p+1/t12-,15-/m0/s1. The van der Waals surface area contributed by atoms with Gasteiger partial charge >= 0.3 is 5.97 Å². The van der Waals surface area contributed by atoms with Crippen molar-refractivity contribution in [1.82, 2.24) is 0 Å². The van der Waals surface area contributed by atoms with Crippen LogP contribution in [0.1, 0.15) is 31.9 Å². The minimum absolute atomic E-state index is 0.0795. The molecule has 1 aliphatic heterocycles. The fraction of sp³-hybridized carbons (Fsp3) is 0.562. The van der Waals surface area contributed by atoms with E-state index in [1.165, 1.54) is 0 Å². The first-order valence-corrected chi connectivity index (χ1v) is 7.32. The first-order chi connectivity index (χ1) is 10.1. The summed E-state index contributed by atoms with van der Waals surface area (Å²) in [5.74, 6) is 1.16. The monoisotopic (exact) mass is 294 g/mol. The molecule has 2 atom stereocenters. The lowest BCUT2D eigenvalue weighted by molar-refractivity contribution is -0.678. The van der Waals surface area contributed by atoms with Gasteiger partial charge < -0.3 is 19.5 Å². The minimum atomic E-state index is -0.112. The Labute approximate surface area is 125 Å². The molecule has 1 aliphatic rings. The normalized spacial score (nSPS) is 21.4. The molecular formula is C16H24NO4+. The molecule has 0 aromatic heterocycles. The van der Waals surface area contributed by atoms with Gasteiger partial charge in [0, 0.05) is 12.0 Å². The van der Waals surface area contributed by atoms with E-state index in [-0.39, 0.29) is 24.0 Å². The van der Waals surface area contributed by atoms with Crippen LogP contribution in [-0.4, -0.2) is 32.8 Å². The van der Waals surface area contributed by atoms with Gasteiger partial charge in [0.1, 0.15) is 12.0 Å². The van der Waals surface area contributed by atoms with Gasteiger partial charge in [0.2, 0.25) is 0 Å². The lowest BCUT2D eigenvalue weighted by Gasteiger charge is -2.18. The van der Waals surface area contributed by atoms with Crippen LogP contribution in [0.2, 0.25) is 0 Å². The van der Waals surface area contributed by atoms with E-state index in [1.54, 1.807) is 14.2 Å². The summed E-state index contributed by atoms with van der Waals surface area (Å²) in [6.07, 6.45) is 0.758. The Kier molecular flexibility index (Phi) is 5.07. The molecule has 0 saturated carbocycles. The molecule has 0 amide bonds. The summed E-state index contributed by atoms with van der Waals surface area (Å²) < 4.78 is 16.0. The Morgan fingerprint density at radius 3 is 2.57 bits per heavy atom. The Morgan fingerprint density at radius 2 is 1.95 bits per heavy atom. The van der Waals surface area contributed by atoms with Crippen LogP contribution in [0.5, 0.6) is 11.5 Å². The van der Waals surface area contributed by atoms with E-state index in [9.17, 15) is 4.79 Å². The van der Waals surface area contributed by atoms with E-state index < -0.39 is 0 Å². The molecule has 0 aliphatic carbocycles. The highest BCUT2D eigenvalue weighted by Crippen LogP contribution is 2.33. The van der Waals surface area contributed by atoms with Gasteiger partial charge in [-0.05, 0) is 32.0 Å². The van der Waals surface area contributed by atoms with Crippen molar-refractivity contribution >= 4 is 5.97 Å². The predicted molar refractivity (Wildman–Crippen MR) is 78.4 cm³/mol. The van der Waals surface area contributed by atoms with Crippen LogP contribution >= 0.6 is 0 Å². The second kappa shape index (κ2) is 6.80. The van der Waals surface area contributed by atoms with Gasteiger partial charge in [-0.15, -0.1) is 0 Å². The Hall–Kier alpha value is -1.75. The van der Waals surface area contributed by atoms with Crippen molar-refractivity contribution in [3.8, 4) is 11.5 Å². The molecule has 21 heavy (non-hydrogen) atoms. The zero-order chi connectivity index (χ0) is 15.4. The molecule has 1 aromatic rings. The van der Waals surface area contributed by atoms with Crippen LogP contribution in [0.25, 0.3) is 0 Å². The zero-order valence-corrected chi connectivity index (χ0v) is 13.1. The van der Waals surface area contributed by atoms with Crippen LogP contribution in [0.4, 0.5) is 0 Å². The average Bonchev–Trinajstić information content (AvgIpc) is 2.95. The number of hydrogen-bond acceptors (Lipinski definition) is 4. The maximum atomic E-state index is 12.2. The minimum Gasteiger partial charge on any atom is -0.493 e. The molecule has 5 heteroatoms. The number of carbonyl (C=O) groups excluding carboxylic acids is 1. The van der Waals surface area contributed by atoms with Gasteiger partial charge in [0.25, 0.3) is 0 Å². The van der Waals surface area contributed by atoms with Crippen molar-refractivity contribution in [3.05, 3.63) is 23.8 Å². The third kappa shape index (κ3) is 3.47. The maximum Gasteiger partial charge on any atom is 0.315 e. The second-order valence-corrected chi connectivity index (χ2v) is 5.55. The quantitative estimate of drug-likeness (QED) is 0.831. The average molecular weight is 294 g/mol. The first-order valence-electron chi connectivity index (χ1n) is 7.32. The van der Waals surface area contributed by atoms with E-state index in [2.05, 4.69) is 5.32 Å². The molecule has 0 spiro atoms. The third-order valence-corrected chi connectivity index (χ3v) is 3.78. The number of methoxy groups -OCH3 is 2. The number of hydrogen-bond donors (Lipinski definition) is 1. The van der Waals surface area contributed by atoms with Crippen LogP contribution in [-0.2, 0) is 9.53 Å². The van der Waals surface area contributed by atoms with Crippen LogP contribution in [0, 0.1) is 5.92 Å². The summed E-state index contributed by atoms with van der Waals surface area (Å²) in [5.41, 5.74) is 1.07. The zero-order valence-electron chi connectivity index (χ0n) is 13.1. The summed E-state index contributed by atoms with van der Waals surface area (Å²) in [6.45, 7) is 4.68. The molecule has 1 saturated heterocycles. The largest absolute Gasteiger partial charge is 0.493 e. The fourth-order valence-corrected chi connectivity index (χ4v) is 2.81. The molecule has 0 unspecified atom stereocenters. The number of esters is 1. The van der Waals surface area contributed by atoms with Crippen molar-refractivity contribution in [1.29, 1.82) is 0 Å². The van der Waals surface area contributed by atoms with Crippen molar-refractivity contribution in [2.75, 3.05) is 20.8 Å². The number of quaternary nitrogens is 1. The SMILES string of the molecule is COc1ccc([C@@H]2[NH2+]CC[C@@H]2C(=O)OC(C)C)cc1OC. The Morgan fingerprint density at radius 1 is 1.24 bits per heavy atom. The number of rotatable bonds is 5. The van der Waals surface area contributed by atoms with E-state index in [4.69, 9.17) is 14.2 Å². The highest BCUT2D eigenvalue weighted by molar-refractivity contribution is 5.74. The molecule has 1 heterocycles. The Bertz CT molecular complexity index is 501. The van der Waals surface area contributed by atoms with E-state index in [0.717, 1.165) is 18.5 Å². The van der Waals surface area contributed by atoms with Gasteiger partial charge in [-0.2, -0.15) is 0 Å². The summed E-state index contributed by atoms with van der Waals surface area (Å²) in [7, 11) is 3.23. The van der Waals surface area contributed by atoms with Gasteiger partial charge in [0.15, 0.2) is 11.5 Å². The first kappa shape index (κ1) is 15.6. The van der Waals surface area contributed by atoms with Gasteiger partial charge in [0.05, 0.1) is 26.9 Å².